The molecule has 2 rings (SSSR count). The lowest BCUT2D eigenvalue weighted by Gasteiger charge is -2.17. The van der Waals surface area contributed by atoms with Crippen LogP contribution in [0.3, 0.4) is 0 Å². The highest BCUT2D eigenvalue weighted by Crippen LogP contribution is 2.22. The molecule has 0 radical (unpaired) electrons. The molecule has 0 aromatic heterocycles. The summed E-state index contributed by atoms with van der Waals surface area (Å²) in [6.45, 7) is 7.28. The Morgan fingerprint density at radius 1 is 1.14 bits per heavy atom. The molecule has 116 valence electrons. The van der Waals surface area contributed by atoms with E-state index in [2.05, 4.69) is 5.32 Å². The second kappa shape index (κ2) is 6.60. The number of benzene rings is 2. The molecule has 0 aliphatic carbocycles. The first-order valence-electron chi connectivity index (χ1n) is 7.18. The van der Waals surface area contributed by atoms with Gasteiger partial charge in [-0.05, 0) is 62.6 Å². The van der Waals surface area contributed by atoms with E-state index in [9.17, 15) is 9.18 Å². The van der Waals surface area contributed by atoms with Gasteiger partial charge in [-0.2, -0.15) is 0 Å². The van der Waals surface area contributed by atoms with Crippen LogP contribution >= 0.6 is 0 Å². The van der Waals surface area contributed by atoms with Crippen molar-refractivity contribution in [2.75, 3.05) is 5.32 Å². The predicted molar refractivity (Wildman–Crippen MR) is 85.8 cm³/mol. The van der Waals surface area contributed by atoms with E-state index in [0.717, 1.165) is 11.1 Å². The number of halogens is 1. The smallest absolute Gasteiger partial charge is 0.265 e. The molecule has 0 aliphatic heterocycles. The number of aryl methyl sites for hydroxylation is 2. The van der Waals surface area contributed by atoms with Crippen LogP contribution in [0.5, 0.6) is 5.75 Å². The lowest BCUT2D eigenvalue weighted by Crippen LogP contribution is -2.30. The first kappa shape index (κ1) is 16.0. The van der Waals surface area contributed by atoms with Gasteiger partial charge in [0, 0.05) is 5.69 Å². The summed E-state index contributed by atoms with van der Waals surface area (Å²) in [4.78, 5) is 12.2. The summed E-state index contributed by atoms with van der Waals surface area (Å²) in [5, 5.41) is 2.66. The Labute approximate surface area is 130 Å². The molecular weight excluding hydrogens is 281 g/mol. The van der Waals surface area contributed by atoms with Crippen molar-refractivity contribution in [3.8, 4) is 5.75 Å². The van der Waals surface area contributed by atoms with E-state index in [0.29, 0.717) is 17.0 Å². The van der Waals surface area contributed by atoms with Gasteiger partial charge in [-0.3, -0.25) is 4.79 Å². The molecule has 1 unspecified atom stereocenters. The maximum absolute atomic E-state index is 13.5. The van der Waals surface area contributed by atoms with Crippen LogP contribution in [0, 0.1) is 26.6 Å². The number of ether oxygens (including phenoxy) is 1. The molecule has 4 heteroatoms. The molecule has 1 atom stereocenters. The fourth-order valence-electron chi connectivity index (χ4n) is 2.01. The molecule has 2 aromatic carbocycles. The Hall–Kier alpha value is -2.36. The van der Waals surface area contributed by atoms with Gasteiger partial charge in [-0.25, -0.2) is 4.39 Å². The van der Waals surface area contributed by atoms with Crippen molar-refractivity contribution in [2.24, 2.45) is 0 Å². The van der Waals surface area contributed by atoms with Crippen molar-refractivity contribution < 1.29 is 13.9 Å². The van der Waals surface area contributed by atoms with Gasteiger partial charge in [0.1, 0.15) is 11.6 Å². The van der Waals surface area contributed by atoms with Crippen molar-refractivity contribution in [1.29, 1.82) is 0 Å². The molecule has 1 amide bonds. The van der Waals surface area contributed by atoms with Crippen LogP contribution in [0.4, 0.5) is 10.1 Å². The molecule has 0 bridgehead atoms. The van der Waals surface area contributed by atoms with Gasteiger partial charge in [0.25, 0.3) is 5.91 Å². The van der Waals surface area contributed by atoms with Crippen molar-refractivity contribution in [3.05, 3.63) is 58.9 Å². The average Bonchev–Trinajstić information content (AvgIpc) is 2.47. The van der Waals surface area contributed by atoms with E-state index in [-0.39, 0.29) is 11.7 Å². The zero-order chi connectivity index (χ0) is 16.3. The van der Waals surface area contributed by atoms with Crippen LogP contribution in [0.25, 0.3) is 0 Å². The molecule has 2 aromatic rings. The van der Waals surface area contributed by atoms with Gasteiger partial charge in [-0.15, -0.1) is 0 Å². The van der Waals surface area contributed by atoms with Gasteiger partial charge in [0.15, 0.2) is 6.10 Å². The number of carbonyl (C=O) groups excluding carboxylic acids is 1. The first-order chi connectivity index (χ1) is 10.4. The highest BCUT2D eigenvalue weighted by Gasteiger charge is 2.16. The number of amides is 1. The molecule has 22 heavy (non-hydrogen) atoms. The first-order valence-corrected chi connectivity index (χ1v) is 7.18. The fraction of sp³-hybridized carbons (Fsp3) is 0.278. The van der Waals surface area contributed by atoms with Crippen LogP contribution in [-0.4, -0.2) is 12.0 Å². The molecule has 0 saturated carbocycles. The largest absolute Gasteiger partial charge is 0.481 e. The normalized spacial score (nSPS) is 11.9. The van der Waals surface area contributed by atoms with E-state index in [4.69, 9.17) is 4.74 Å². The summed E-state index contributed by atoms with van der Waals surface area (Å²) < 4.78 is 19.2. The van der Waals surface area contributed by atoms with Crippen LogP contribution in [-0.2, 0) is 4.79 Å². The number of rotatable bonds is 4. The summed E-state index contributed by atoms with van der Waals surface area (Å²) >= 11 is 0. The Balaban J connectivity index is 2.06. The summed E-state index contributed by atoms with van der Waals surface area (Å²) in [5.74, 6) is 0.0165. The highest BCUT2D eigenvalue weighted by atomic mass is 19.1. The molecule has 0 saturated heterocycles. The second-order valence-corrected chi connectivity index (χ2v) is 5.41. The lowest BCUT2D eigenvalue weighted by atomic mass is 10.1. The van der Waals surface area contributed by atoms with E-state index in [1.54, 1.807) is 26.0 Å². The zero-order valence-corrected chi connectivity index (χ0v) is 13.2. The molecule has 0 aliphatic rings. The number of nitrogens with one attached hydrogen (secondary N) is 1. The molecule has 1 N–H and O–H groups in total. The standard InChI is InChI=1S/C18H20FNO2/c1-11-6-5-7-17(13(11)3)22-14(4)18(21)20-15-9-8-12(2)16(19)10-15/h5-10,14H,1-4H3,(H,20,21). The molecule has 0 heterocycles. The third-order valence-electron chi connectivity index (χ3n) is 3.67. The van der Waals surface area contributed by atoms with Gasteiger partial charge in [-0.1, -0.05) is 18.2 Å². The predicted octanol–water partition coefficient (Wildman–Crippen LogP) is 4.16. The zero-order valence-electron chi connectivity index (χ0n) is 13.2. The van der Waals surface area contributed by atoms with Crippen molar-refractivity contribution in [2.45, 2.75) is 33.8 Å². The van der Waals surface area contributed by atoms with E-state index >= 15 is 0 Å². The highest BCUT2D eigenvalue weighted by molar-refractivity contribution is 5.94. The van der Waals surface area contributed by atoms with Gasteiger partial charge in [0.05, 0.1) is 0 Å². The van der Waals surface area contributed by atoms with Crippen molar-refractivity contribution in [3.63, 3.8) is 0 Å². The molecule has 3 nitrogen and oxygen atoms in total. The average molecular weight is 301 g/mol. The number of carbonyl (C=O) groups is 1. The quantitative estimate of drug-likeness (QED) is 0.921. The van der Waals surface area contributed by atoms with E-state index < -0.39 is 6.10 Å². The summed E-state index contributed by atoms with van der Waals surface area (Å²) in [7, 11) is 0. The van der Waals surface area contributed by atoms with Crippen molar-refractivity contribution in [1.82, 2.24) is 0 Å². The topological polar surface area (TPSA) is 38.3 Å². The number of anilines is 1. The van der Waals surface area contributed by atoms with Crippen LogP contribution in [0.15, 0.2) is 36.4 Å². The Morgan fingerprint density at radius 2 is 1.86 bits per heavy atom. The molecule has 0 fully saturated rings. The summed E-state index contributed by atoms with van der Waals surface area (Å²) in [6.07, 6.45) is -0.676. The Morgan fingerprint density at radius 3 is 2.55 bits per heavy atom. The SMILES string of the molecule is Cc1ccc(NC(=O)C(C)Oc2cccc(C)c2C)cc1F. The second-order valence-electron chi connectivity index (χ2n) is 5.41. The van der Waals surface area contributed by atoms with Gasteiger partial charge >= 0.3 is 0 Å². The van der Waals surface area contributed by atoms with Crippen LogP contribution in [0.2, 0.25) is 0 Å². The Kier molecular flexibility index (Phi) is 4.81. The van der Waals surface area contributed by atoms with Crippen LogP contribution in [0.1, 0.15) is 23.6 Å². The number of hydrogen-bond acceptors (Lipinski definition) is 2. The van der Waals surface area contributed by atoms with Gasteiger partial charge < -0.3 is 10.1 Å². The fourth-order valence-corrected chi connectivity index (χ4v) is 2.01. The summed E-state index contributed by atoms with van der Waals surface area (Å²) in [5.41, 5.74) is 3.07. The van der Waals surface area contributed by atoms with E-state index in [1.807, 2.05) is 32.0 Å². The van der Waals surface area contributed by atoms with Crippen molar-refractivity contribution >= 4 is 11.6 Å². The summed E-state index contributed by atoms with van der Waals surface area (Å²) in [6, 6.07) is 10.3. The third kappa shape index (κ3) is 3.64. The maximum atomic E-state index is 13.5. The molecule has 0 spiro atoms. The van der Waals surface area contributed by atoms with Gasteiger partial charge in [0.2, 0.25) is 0 Å². The lowest BCUT2D eigenvalue weighted by molar-refractivity contribution is -0.122. The van der Waals surface area contributed by atoms with Crippen LogP contribution < -0.4 is 10.1 Å². The third-order valence-corrected chi connectivity index (χ3v) is 3.67. The minimum Gasteiger partial charge on any atom is -0.481 e. The Bertz CT molecular complexity index is 697. The maximum Gasteiger partial charge on any atom is 0.265 e. The minimum atomic E-state index is -0.676. The molecular formula is C18H20FNO2. The monoisotopic (exact) mass is 301 g/mol. The number of hydrogen-bond donors (Lipinski definition) is 1. The minimum absolute atomic E-state index is 0.316. The van der Waals surface area contributed by atoms with E-state index in [1.165, 1.54) is 6.07 Å².